The second-order valence-electron chi connectivity index (χ2n) is 5.37. The van der Waals surface area contributed by atoms with Gasteiger partial charge in [-0.2, -0.15) is 0 Å². The third-order valence-electron chi connectivity index (χ3n) is 3.44. The third kappa shape index (κ3) is 2.85. The van der Waals surface area contributed by atoms with E-state index < -0.39 is 11.9 Å². The molecule has 1 heterocycles. The normalized spacial score (nSPS) is 15.2. The first kappa shape index (κ1) is 15.0. The Morgan fingerprint density at radius 3 is 2.60 bits per heavy atom. The summed E-state index contributed by atoms with van der Waals surface area (Å²) < 4.78 is 11.3. The molecule has 1 aromatic carbocycles. The van der Waals surface area contributed by atoms with Crippen molar-refractivity contribution in [3.05, 3.63) is 22.2 Å². The fourth-order valence-corrected chi connectivity index (χ4v) is 2.71. The molecule has 110 valence electrons. The summed E-state index contributed by atoms with van der Waals surface area (Å²) in [7, 11) is 0. The first-order chi connectivity index (χ1) is 9.41. The number of benzene rings is 1. The van der Waals surface area contributed by atoms with Gasteiger partial charge in [0.2, 0.25) is 0 Å². The Kier molecular flexibility index (Phi) is 4.43. The Morgan fingerprint density at radius 1 is 1.35 bits per heavy atom. The Hall–Kier alpha value is -1.42. The topological polar surface area (TPSA) is 55.8 Å². The first-order valence-corrected chi connectivity index (χ1v) is 7.13. The summed E-state index contributed by atoms with van der Waals surface area (Å²) in [5.41, 5.74) is 1.81. The maximum atomic E-state index is 11.1. The van der Waals surface area contributed by atoms with E-state index >= 15 is 0 Å². The van der Waals surface area contributed by atoms with Crippen molar-refractivity contribution in [2.75, 3.05) is 13.2 Å². The lowest BCUT2D eigenvalue weighted by atomic mass is 9.90. The van der Waals surface area contributed by atoms with Gasteiger partial charge in [-0.1, -0.05) is 32.4 Å². The Balaban J connectivity index is 2.51. The zero-order chi connectivity index (χ0) is 14.9. The van der Waals surface area contributed by atoms with Gasteiger partial charge in [0.15, 0.2) is 11.5 Å². The summed E-state index contributed by atoms with van der Waals surface area (Å²) in [5, 5.41) is 9.65. The predicted octanol–water partition coefficient (Wildman–Crippen LogP) is 3.50. The van der Waals surface area contributed by atoms with E-state index in [1.807, 2.05) is 13.8 Å². The number of hydrogen-bond acceptors (Lipinski definition) is 3. The van der Waals surface area contributed by atoms with E-state index in [2.05, 4.69) is 0 Å². The van der Waals surface area contributed by atoms with Crippen LogP contribution in [0.3, 0.4) is 0 Å². The fourth-order valence-electron chi connectivity index (χ4n) is 2.43. The number of carbonyl (C=O) groups is 1. The molecule has 0 amide bonds. The summed E-state index contributed by atoms with van der Waals surface area (Å²) in [5.74, 6) is 0.221. The average Bonchev–Trinajstić information content (AvgIpc) is 2.38. The Morgan fingerprint density at radius 2 is 2.00 bits per heavy atom. The third-order valence-corrected chi connectivity index (χ3v) is 3.77. The van der Waals surface area contributed by atoms with Gasteiger partial charge in [-0.15, -0.1) is 0 Å². The van der Waals surface area contributed by atoms with Crippen LogP contribution in [-0.4, -0.2) is 24.3 Å². The van der Waals surface area contributed by atoms with Gasteiger partial charge in [-0.05, 0) is 17.9 Å². The van der Waals surface area contributed by atoms with Gasteiger partial charge in [0.05, 0.1) is 5.92 Å². The summed E-state index contributed by atoms with van der Waals surface area (Å²) in [6.07, 6.45) is 0.387. The van der Waals surface area contributed by atoms with Gasteiger partial charge >= 0.3 is 5.97 Å². The highest BCUT2D eigenvalue weighted by atomic mass is 35.5. The quantitative estimate of drug-likeness (QED) is 0.924. The number of carboxylic acid groups (broad SMARTS) is 1. The van der Waals surface area contributed by atoms with Crippen LogP contribution in [0.2, 0.25) is 5.02 Å². The number of aliphatic carboxylic acids is 1. The number of carboxylic acids is 1. The van der Waals surface area contributed by atoms with Crippen LogP contribution in [0.1, 0.15) is 37.8 Å². The molecule has 0 radical (unpaired) electrons. The van der Waals surface area contributed by atoms with E-state index in [4.69, 9.17) is 26.2 Å². The van der Waals surface area contributed by atoms with E-state index in [1.54, 1.807) is 13.0 Å². The summed E-state index contributed by atoms with van der Waals surface area (Å²) >= 11 is 6.33. The molecule has 1 aliphatic heterocycles. The molecule has 0 aliphatic carbocycles. The van der Waals surface area contributed by atoms with E-state index in [0.717, 1.165) is 11.1 Å². The SMILES string of the molecule is CC(Cc1c(Cl)cc2c(c1C(C)C)OCCO2)C(=O)O. The summed E-state index contributed by atoms with van der Waals surface area (Å²) in [6.45, 7) is 6.77. The van der Waals surface area contributed by atoms with Crippen LogP contribution in [0.5, 0.6) is 11.5 Å². The average molecular weight is 299 g/mol. The molecular weight excluding hydrogens is 280 g/mol. The largest absolute Gasteiger partial charge is 0.486 e. The van der Waals surface area contributed by atoms with E-state index in [0.29, 0.717) is 36.2 Å². The molecule has 1 unspecified atom stereocenters. The molecule has 4 nitrogen and oxygen atoms in total. The van der Waals surface area contributed by atoms with Gasteiger partial charge in [0.1, 0.15) is 13.2 Å². The van der Waals surface area contributed by atoms with E-state index in [-0.39, 0.29) is 5.92 Å². The monoisotopic (exact) mass is 298 g/mol. The minimum absolute atomic E-state index is 0.181. The molecular formula is C15H19ClO4. The second kappa shape index (κ2) is 5.92. The van der Waals surface area contributed by atoms with Crippen LogP contribution in [-0.2, 0) is 11.2 Å². The lowest BCUT2D eigenvalue weighted by Gasteiger charge is -2.26. The fraction of sp³-hybridized carbons (Fsp3) is 0.533. The van der Waals surface area contributed by atoms with Gasteiger partial charge < -0.3 is 14.6 Å². The molecule has 0 spiro atoms. The highest BCUT2D eigenvalue weighted by Crippen LogP contribution is 2.44. The maximum Gasteiger partial charge on any atom is 0.306 e. The minimum Gasteiger partial charge on any atom is -0.486 e. The van der Waals surface area contributed by atoms with Crippen molar-refractivity contribution in [3.63, 3.8) is 0 Å². The van der Waals surface area contributed by atoms with Crippen molar-refractivity contribution < 1.29 is 19.4 Å². The molecule has 1 aliphatic rings. The highest BCUT2D eigenvalue weighted by molar-refractivity contribution is 6.31. The van der Waals surface area contributed by atoms with Gasteiger partial charge in [0, 0.05) is 16.7 Å². The standard InChI is InChI=1S/C15H19ClO4/c1-8(2)13-10(6-9(3)15(17)18)11(16)7-12-14(13)20-5-4-19-12/h7-9H,4-6H2,1-3H3,(H,17,18). The molecule has 0 bridgehead atoms. The number of fused-ring (bicyclic) bond motifs is 1. The number of halogens is 1. The molecule has 1 aromatic rings. The smallest absolute Gasteiger partial charge is 0.306 e. The van der Waals surface area contributed by atoms with E-state index in [9.17, 15) is 4.79 Å². The maximum absolute atomic E-state index is 11.1. The minimum atomic E-state index is -0.828. The Bertz CT molecular complexity index is 525. The van der Waals surface area contributed by atoms with Crippen LogP contribution in [0.15, 0.2) is 6.07 Å². The van der Waals surface area contributed by atoms with Crippen LogP contribution in [0, 0.1) is 5.92 Å². The molecule has 20 heavy (non-hydrogen) atoms. The highest BCUT2D eigenvalue weighted by Gasteiger charge is 2.26. The van der Waals surface area contributed by atoms with Crippen molar-refractivity contribution in [2.24, 2.45) is 5.92 Å². The zero-order valence-corrected chi connectivity index (χ0v) is 12.7. The Labute approximate surface area is 123 Å². The van der Waals surface area contributed by atoms with Crippen molar-refractivity contribution in [1.82, 2.24) is 0 Å². The molecule has 0 aromatic heterocycles. The zero-order valence-electron chi connectivity index (χ0n) is 11.9. The summed E-state index contributed by atoms with van der Waals surface area (Å²) in [6, 6.07) is 1.73. The predicted molar refractivity (Wildman–Crippen MR) is 77.0 cm³/mol. The molecule has 1 N–H and O–H groups in total. The van der Waals surface area contributed by atoms with E-state index in [1.165, 1.54) is 0 Å². The van der Waals surface area contributed by atoms with Crippen LogP contribution in [0.4, 0.5) is 0 Å². The second-order valence-corrected chi connectivity index (χ2v) is 5.78. The van der Waals surface area contributed by atoms with Crippen molar-refractivity contribution in [2.45, 2.75) is 33.1 Å². The lowest BCUT2D eigenvalue weighted by molar-refractivity contribution is -0.141. The molecule has 5 heteroatoms. The van der Waals surface area contributed by atoms with Crippen LogP contribution >= 0.6 is 11.6 Å². The summed E-state index contributed by atoms with van der Waals surface area (Å²) in [4.78, 5) is 11.1. The number of rotatable bonds is 4. The van der Waals surface area contributed by atoms with Crippen molar-refractivity contribution in [1.29, 1.82) is 0 Å². The molecule has 0 saturated heterocycles. The van der Waals surface area contributed by atoms with Crippen LogP contribution in [0.25, 0.3) is 0 Å². The number of hydrogen-bond donors (Lipinski definition) is 1. The van der Waals surface area contributed by atoms with Gasteiger partial charge in [0.25, 0.3) is 0 Å². The first-order valence-electron chi connectivity index (χ1n) is 6.75. The van der Waals surface area contributed by atoms with Crippen molar-refractivity contribution >= 4 is 17.6 Å². The number of ether oxygens (including phenoxy) is 2. The van der Waals surface area contributed by atoms with Gasteiger partial charge in [-0.3, -0.25) is 4.79 Å². The van der Waals surface area contributed by atoms with Crippen molar-refractivity contribution in [3.8, 4) is 11.5 Å². The molecule has 0 fully saturated rings. The van der Waals surface area contributed by atoms with Crippen LogP contribution < -0.4 is 9.47 Å². The molecule has 0 saturated carbocycles. The lowest BCUT2D eigenvalue weighted by Crippen LogP contribution is -2.19. The molecule has 1 atom stereocenters. The van der Waals surface area contributed by atoms with Gasteiger partial charge in [-0.25, -0.2) is 0 Å². The molecule has 2 rings (SSSR count).